The highest BCUT2D eigenvalue weighted by atomic mass is 16.8. The highest BCUT2D eigenvalue weighted by molar-refractivity contribution is 5.94. The van der Waals surface area contributed by atoms with Gasteiger partial charge < -0.3 is 143 Å². The summed E-state index contributed by atoms with van der Waals surface area (Å²) < 4.78 is 79.2. The molecule has 31 nitrogen and oxygen atoms in total. The fourth-order valence-electron chi connectivity index (χ4n) is 17.7. The Hall–Kier alpha value is -2.08. The first kappa shape index (κ1) is 72.2. The van der Waals surface area contributed by atoms with Gasteiger partial charge in [-0.1, -0.05) is 45.8 Å². The van der Waals surface area contributed by atoms with Crippen LogP contribution in [0.1, 0.15) is 106 Å². The quantitative estimate of drug-likeness (QED) is 0.0605. The summed E-state index contributed by atoms with van der Waals surface area (Å²) in [5.74, 6) is -0.106. The van der Waals surface area contributed by atoms with Gasteiger partial charge in [-0.3, -0.25) is 9.59 Å². The van der Waals surface area contributed by atoms with E-state index in [1.54, 1.807) is 0 Å². The molecule has 93 heavy (non-hydrogen) atoms. The molecule has 11 rings (SSSR count). The Kier molecular flexibility index (Phi) is 21.3. The standard InChI is InChI=1S/C62H98O31/c1-8-27(65)31-15-23(2)62(93-31)16-35(69)61(7)26-9-10-34-58(4,25(26)11-14-60(61,62)6)13-12-36(59(34,5)22-64)88-54-47(80)44(77)41(74)33(87-54)21-84-55-49(39(72)29(67)19-82-55)91-57-51(92-53-46(79)43(76)37(70)24(3)85-53)48(42(75)32(17-63)86-57)89-56-50(40(73)30(68)20-83-56)90-52-45(78)38(71)28(66)18-81-52/h23-24,28-34,36-57,63-64,66-68,70-80H,8-22H2,1-7H3. The first-order valence-electron chi connectivity index (χ1n) is 32.8. The molecule has 0 aromatic rings. The summed E-state index contributed by atoms with van der Waals surface area (Å²) in [5, 5.41) is 177. The van der Waals surface area contributed by atoms with Crippen LogP contribution in [0.2, 0.25) is 0 Å². The van der Waals surface area contributed by atoms with Crippen LogP contribution in [0.15, 0.2) is 11.1 Å². The zero-order valence-corrected chi connectivity index (χ0v) is 53.3. The fourth-order valence-corrected chi connectivity index (χ4v) is 17.7. The van der Waals surface area contributed by atoms with E-state index in [2.05, 4.69) is 27.7 Å². The monoisotopic (exact) mass is 1340 g/mol. The number of ether oxygens (including phenoxy) is 13. The van der Waals surface area contributed by atoms with Crippen molar-refractivity contribution < 1.29 is 153 Å². The molecule has 31 heteroatoms. The van der Waals surface area contributed by atoms with Crippen molar-refractivity contribution >= 4 is 11.6 Å². The smallest absolute Gasteiger partial charge is 0.187 e. The predicted molar refractivity (Wildman–Crippen MR) is 306 cm³/mol. The largest absolute Gasteiger partial charge is 0.396 e. The summed E-state index contributed by atoms with van der Waals surface area (Å²) in [6.07, 6.45) is -46.1. The van der Waals surface area contributed by atoms with Crippen molar-refractivity contribution in [2.45, 2.75) is 290 Å². The maximum Gasteiger partial charge on any atom is 0.187 e. The number of hydrogen-bond donors (Lipinski definition) is 16. The number of ketones is 2. The molecule has 4 aliphatic carbocycles. The van der Waals surface area contributed by atoms with E-state index in [0.29, 0.717) is 51.4 Å². The van der Waals surface area contributed by atoms with E-state index in [1.165, 1.54) is 12.5 Å². The lowest BCUT2D eigenvalue weighted by atomic mass is 9.42. The van der Waals surface area contributed by atoms with Crippen molar-refractivity contribution in [3.05, 3.63) is 11.1 Å². The summed E-state index contributed by atoms with van der Waals surface area (Å²) >= 11 is 0. The zero-order chi connectivity index (χ0) is 67.5. The van der Waals surface area contributed by atoms with Crippen LogP contribution in [0, 0.1) is 33.5 Å². The van der Waals surface area contributed by atoms with Gasteiger partial charge in [0.05, 0.1) is 62.9 Å². The molecule has 11 aliphatic rings. The molecule has 0 aromatic heterocycles. The minimum atomic E-state index is -2.07. The first-order valence-corrected chi connectivity index (χ1v) is 32.8. The van der Waals surface area contributed by atoms with Crippen molar-refractivity contribution in [1.82, 2.24) is 0 Å². The zero-order valence-electron chi connectivity index (χ0n) is 53.3. The molecule has 0 bridgehead atoms. The van der Waals surface area contributed by atoms with Crippen molar-refractivity contribution in [2.24, 2.45) is 33.5 Å². The van der Waals surface area contributed by atoms with E-state index in [4.69, 9.17) is 61.6 Å². The van der Waals surface area contributed by atoms with Gasteiger partial charge in [-0.2, -0.15) is 0 Å². The fraction of sp³-hybridized carbons (Fsp3) is 0.935. The highest BCUT2D eigenvalue weighted by Gasteiger charge is 2.75. The second-order valence-corrected chi connectivity index (χ2v) is 28.7. The van der Waals surface area contributed by atoms with Crippen LogP contribution in [-0.2, 0) is 71.2 Å². The molecule has 0 aromatic carbocycles. The highest BCUT2D eigenvalue weighted by Crippen LogP contribution is 2.74. The summed E-state index contributed by atoms with van der Waals surface area (Å²) in [6, 6.07) is 0. The van der Waals surface area contributed by atoms with Gasteiger partial charge in [0.1, 0.15) is 134 Å². The number of carbonyl (C=O) groups excluding carboxylic acids is 2. The Labute approximate surface area is 537 Å². The van der Waals surface area contributed by atoms with E-state index in [0.717, 1.165) is 5.57 Å². The number of carbonyl (C=O) groups is 2. The van der Waals surface area contributed by atoms with Crippen LogP contribution < -0.4 is 0 Å². The van der Waals surface area contributed by atoms with E-state index in [-0.39, 0.29) is 36.4 Å². The van der Waals surface area contributed by atoms with Gasteiger partial charge in [-0.25, -0.2) is 0 Å². The van der Waals surface area contributed by atoms with Gasteiger partial charge in [0.2, 0.25) is 0 Å². The number of aliphatic hydroxyl groups is 16. The predicted octanol–water partition coefficient (Wildman–Crippen LogP) is -5.34. The SMILES string of the molecule is CCC(=O)C1CC(C)C2(CC(=O)C3(C)C4=C(CCC32C)C2(C)CCC(OC3OC(COC5OCC(O)C(O)C5OC5OC(CO)C(O)C(OC6OCC(O)C(O)C6OC6OCC(O)C(O)C6O)C5OC5OC(C)C(O)C(O)C5O)C(O)C(O)C3O)C(C)(CO)C2CC4)O1. The number of rotatable bonds is 17. The Morgan fingerprint density at radius 3 is 1.75 bits per heavy atom. The average Bonchev–Trinajstić information content (AvgIpc) is 1.56. The molecular weight excluding hydrogens is 1240 g/mol. The minimum Gasteiger partial charge on any atom is -0.396 e. The molecule has 0 amide bonds. The van der Waals surface area contributed by atoms with Gasteiger partial charge in [0, 0.05) is 23.7 Å². The Morgan fingerprint density at radius 1 is 0.548 bits per heavy atom. The Balaban J connectivity index is 0.815. The van der Waals surface area contributed by atoms with Crippen molar-refractivity contribution in [3.8, 4) is 0 Å². The summed E-state index contributed by atoms with van der Waals surface area (Å²) in [5.41, 5.74) is -1.48. The van der Waals surface area contributed by atoms with Crippen molar-refractivity contribution in [2.75, 3.05) is 39.6 Å². The molecule has 7 aliphatic heterocycles. The second-order valence-electron chi connectivity index (χ2n) is 28.7. The lowest BCUT2D eigenvalue weighted by molar-refractivity contribution is -0.408. The van der Waals surface area contributed by atoms with Gasteiger partial charge in [0.15, 0.2) is 43.5 Å². The lowest BCUT2D eigenvalue weighted by Gasteiger charge is -2.63. The summed E-state index contributed by atoms with van der Waals surface area (Å²) in [6.45, 7) is 9.68. The topological polar surface area (TPSA) is 478 Å². The van der Waals surface area contributed by atoms with Crippen LogP contribution in [-0.4, -0.2) is 317 Å². The molecular formula is C62H98O31. The number of allylic oxidation sites excluding steroid dienone is 2. The van der Waals surface area contributed by atoms with Crippen LogP contribution in [0.5, 0.6) is 0 Å². The molecule has 36 unspecified atom stereocenters. The number of Topliss-reactive ketones (excluding diaryl/α,β-unsaturated/α-hetero) is 2. The summed E-state index contributed by atoms with van der Waals surface area (Å²) in [4.78, 5) is 27.8. The van der Waals surface area contributed by atoms with Gasteiger partial charge in [0.25, 0.3) is 0 Å². The van der Waals surface area contributed by atoms with Crippen molar-refractivity contribution in [1.29, 1.82) is 0 Å². The first-order chi connectivity index (χ1) is 43.8. The van der Waals surface area contributed by atoms with E-state index in [1.807, 2.05) is 13.8 Å². The third kappa shape index (κ3) is 12.1. The number of aliphatic hydroxyl groups excluding tert-OH is 16. The lowest BCUT2D eigenvalue weighted by Crippen LogP contribution is -2.68. The molecule has 16 N–H and O–H groups in total. The van der Waals surface area contributed by atoms with E-state index < -0.39 is 238 Å². The summed E-state index contributed by atoms with van der Waals surface area (Å²) in [7, 11) is 0. The Morgan fingerprint density at radius 2 is 1.11 bits per heavy atom. The second kappa shape index (κ2) is 27.5. The third-order valence-electron chi connectivity index (χ3n) is 23.7. The normalized spacial score (nSPS) is 54.4. The number of hydrogen-bond acceptors (Lipinski definition) is 31. The molecule has 2 saturated carbocycles. The molecule has 1 spiro atoms. The molecule has 36 atom stereocenters. The third-order valence-corrected chi connectivity index (χ3v) is 23.7. The van der Waals surface area contributed by atoms with Gasteiger partial charge >= 0.3 is 0 Å². The van der Waals surface area contributed by atoms with Crippen LogP contribution in [0.25, 0.3) is 0 Å². The van der Waals surface area contributed by atoms with E-state index in [9.17, 15) is 91.3 Å². The molecule has 532 valence electrons. The molecule has 7 saturated heterocycles. The number of fused-ring (bicyclic) bond motifs is 5. The van der Waals surface area contributed by atoms with Gasteiger partial charge in [-0.15, -0.1) is 0 Å². The Bertz CT molecular complexity index is 2660. The van der Waals surface area contributed by atoms with Crippen LogP contribution in [0.3, 0.4) is 0 Å². The van der Waals surface area contributed by atoms with Gasteiger partial charge in [-0.05, 0) is 76.0 Å². The molecule has 9 fully saturated rings. The molecule has 0 radical (unpaired) electrons. The van der Waals surface area contributed by atoms with Crippen LogP contribution >= 0.6 is 0 Å². The molecule has 7 heterocycles. The van der Waals surface area contributed by atoms with Crippen LogP contribution in [0.4, 0.5) is 0 Å². The average molecular weight is 1340 g/mol. The minimum absolute atomic E-state index is 0.0259. The maximum atomic E-state index is 14.8. The van der Waals surface area contributed by atoms with E-state index >= 15 is 0 Å². The van der Waals surface area contributed by atoms with Crippen molar-refractivity contribution in [3.63, 3.8) is 0 Å². The maximum absolute atomic E-state index is 14.8.